The van der Waals surface area contributed by atoms with E-state index in [4.69, 9.17) is 22.8 Å². The Kier molecular flexibility index (Phi) is 11.3. The molecule has 0 aliphatic rings. The second-order valence-electron chi connectivity index (χ2n) is 6.89. The highest BCUT2D eigenvalue weighted by molar-refractivity contribution is 7.67. The van der Waals surface area contributed by atoms with E-state index in [2.05, 4.69) is 0 Å². The summed E-state index contributed by atoms with van der Waals surface area (Å²) in [5.41, 5.74) is 0. The van der Waals surface area contributed by atoms with Crippen LogP contribution in [0, 0.1) is 0 Å². The summed E-state index contributed by atoms with van der Waals surface area (Å²) in [6, 6.07) is 17.1. The van der Waals surface area contributed by atoms with Gasteiger partial charge in [0.15, 0.2) is 12.7 Å². The van der Waals surface area contributed by atoms with Gasteiger partial charge in [-0.2, -0.15) is 0 Å². The fraction of sp³-hybridized carbons (Fsp3) is 0.455. The van der Waals surface area contributed by atoms with Crippen molar-refractivity contribution in [3.8, 4) is 11.5 Å². The Labute approximate surface area is 185 Å². The molecular formula is C22H32O7P2. The molecule has 0 N–H and O–H groups in total. The van der Waals surface area contributed by atoms with Crippen molar-refractivity contribution < 1.29 is 32.0 Å². The zero-order chi connectivity index (χ0) is 22.4. The Morgan fingerprint density at radius 2 is 1.03 bits per heavy atom. The first-order valence-corrected chi connectivity index (χ1v) is 14.0. The minimum atomic E-state index is -3.99. The lowest BCUT2D eigenvalue weighted by Crippen LogP contribution is -2.11. The van der Waals surface area contributed by atoms with Crippen LogP contribution in [0.15, 0.2) is 60.7 Å². The number of ether oxygens (including phenoxy) is 2. The lowest BCUT2D eigenvalue weighted by Gasteiger charge is -2.25. The average Bonchev–Trinajstić information content (AvgIpc) is 2.76. The molecule has 0 saturated heterocycles. The summed E-state index contributed by atoms with van der Waals surface area (Å²) in [5, 5.41) is 0. The molecule has 0 fully saturated rings. The standard InChI is InChI=1S/C22H32O7P2/c1-3-5-17-25-19-30(23,27-21-13-9-7-10-14-21)29-31(24,20-26-18-6-4-2)28-22-15-11-8-12-16-22/h7-16H,3-6,17-20H2,1-2H3. The molecule has 0 amide bonds. The molecule has 2 unspecified atom stereocenters. The van der Waals surface area contributed by atoms with Gasteiger partial charge >= 0.3 is 15.2 Å². The molecule has 0 aliphatic heterocycles. The largest absolute Gasteiger partial charge is 0.423 e. The molecule has 0 heterocycles. The summed E-state index contributed by atoms with van der Waals surface area (Å²) in [5.74, 6) is 0.645. The Bertz CT molecular complexity index is 761. The second kappa shape index (κ2) is 13.7. The van der Waals surface area contributed by atoms with Crippen molar-refractivity contribution in [2.45, 2.75) is 39.5 Å². The van der Waals surface area contributed by atoms with Crippen molar-refractivity contribution in [2.24, 2.45) is 0 Å². The number of para-hydroxylation sites is 2. The molecule has 0 aromatic heterocycles. The number of hydrogen-bond acceptors (Lipinski definition) is 7. The molecule has 0 saturated carbocycles. The summed E-state index contributed by atoms with van der Waals surface area (Å²) < 4.78 is 55.1. The first-order valence-electron chi connectivity index (χ1n) is 10.5. The topological polar surface area (TPSA) is 80.3 Å². The van der Waals surface area contributed by atoms with Crippen LogP contribution in [-0.4, -0.2) is 25.9 Å². The maximum atomic E-state index is 13.6. The lowest BCUT2D eigenvalue weighted by atomic mass is 10.3. The van der Waals surface area contributed by atoms with E-state index >= 15 is 0 Å². The van der Waals surface area contributed by atoms with E-state index in [0.717, 1.165) is 25.7 Å². The molecule has 9 heteroatoms. The van der Waals surface area contributed by atoms with Gasteiger partial charge in [-0.25, -0.2) is 13.4 Å². The summed E-state index contributed by atoms with van der Waals surface area (Å²) in [6.07, 6.45) is 2.74. The molecule has 0 radical (unpaired) electrons. The van der Waals surface area contributed by atoms with Gasteiger partial charge in [0.05, 0.1) is 0 Å². The van der Waals surface area contributed by atoms with Gasteiger partial charge in [0.2, 0.25) is 0 Å². The van der Waals surface area contributed by atoms with Crippen molar-refractivity contribution in [1.82, 2.24) is 0 Å². The molecular weight excluding hydrogens is 438 g/mol. The van der Waals surface area contributed by atoms with Crippen LogP contribution in [0.25, 0.3) is 0 Å². The lowest BCUT2D eigenvalue weighted by molar-refractivity contribution is 0.144. The van der Waals surface area contributed by atoms with Crippen LogP contribution in [0.5, 0.6) is 11.5 Å². The van der Waals surface area contributed by atoms with Gasteiger partial charge in [-0.15, -0.1) is 0 Å². The number of benzene rings is 2. The van der Waals surface area contributed by atoms with E-state index in [9.17, 15) is 9.13 Å². The second-order valence-corrected chi connectivity index (χ2v) is 10.9. The maximum absolute atomic E-state index is 13.6. The third kappa shape index (κ3) is 10.0. The monoisotopic (exact) mass is 470 g/mol. The fourth-order valence-electron chi connectivity index (χ4n) is 2.45. The highest BCUT2D eigenvalue weighted by Crippen LogP contribution is 2.64. The minimum Gasteiger partial charge on any atom is -0.423 e. The Hall–Kier alpha value is -1.62. The zero-order valence-corrected chi connectivity index (χ0v) is 20.0. The SMILES string of the molecule is CCCCOCP(=O)(Oc1ccccc1)OP(=O)(COCCCC)Oc1ccccc1. The van der Waals surface area contributed by atoms with Gasteiger partial charge in [-0.05, 0) is 37.1 Å². The van der Waals surface area contributed by atoms with Crippen molar-refractivity contribution >= 4 is 15.2 Å². The molecule has 2 rings (SSSR count). The first kappa shape index (κ1) is 25.6. The van der Waals surface area contributed by atoms with Gasteiger partial charge in [0.1, 0.15) is 11.5 Å². The van der Waals surface area contributed by atoms with Crippen LogP contribution in [0.2, 0.25) is 0 Å². The van der Waals surface area contributed by atoms with E-state index < -0.39 is 15.2 Å². The first-order chi connectivity index (χ1) is 15.0. The van der Waals surface area contributed by atoms with Crippen LogP contribution in [0.4, 0.5) is 0 Å². The summed E-state index contributed by atoms with van der Waals surface area (Å²) in [6.45, 7) is 4.82. The van der Waals surface area contributed by atoms with Crippen LogP contribution in [-0.2, 0) is 22.9 Å². The average molecular weight is 470 g/mol. The van der Waals surface area contributed by atoms with E-state index in [0.29, 0.717) is 24.7 Å². The van der Waals surface area contributed by atoms with Crippen LogP contribution < -0.4 is 9.05 Å². The van der Waals surface area contributed by atoms with Gasteiger partial charge in [-0.1, -0.05) is 63.1 Å². The quantitative estimate of drug-likeness (QED) is 0.191. The van der Waals surface area contributed by atoms with E-state index in [1.165, 1.54) is 0 Å². The van der Waals surface area contributed by atoms with E-state index in [-0.39, 0.29) is 12.7 Å². The number of unbranched alkanes of at least 4 members (excludes halogenated alkanes) is 2. The smallest absolute Gasteiger partial charge is 0.412 e. The summed E-state index contributed by atoms with van der Waals surface area (Å²) in [7, 11) is -7.97. The predicted molar refractivity (Wildman–Crippen MR) is 122 cm³/mol. The maximum Gasteiger partial charge on any atom is 0.412 e. The van der Waals surface area contributed by atoms with E-state index in [1.807, 2.05) is 13.8 Å². The highest BCUT2D eigenvalue weighted by Gasteiger charge is 2.40. The molecule has 2 aromatic rings. The molecule has 2 aromatic carbocycles. The third-order valence-corrected chi connectivity index (χ3v) is 7.97. The predicted octanol–water partition coefficient (Wildman–Crippen LogP) is 7.10. The molecule has 0 aliphatic carbocycles. The molecule has 172 valence electrons. The normalized spacial score (nSPS) is 15.0. The van der Waals surface area contributed by atoms with Crippen LogP contribution >= 0.6 is 15.2 Å². The van der Waals surface area contributed by atoms with Gasteiger partial charge < -0.3 is 18.5 Å². The molecule has 0 spiro atoms. The van der Waals surface area contributed by atoms with Crippen molar-refractivity contribution in [3.63, 3.8) is 0 Å². The van der Waals surface area contributed by atoms with E-state index in [1.54, 1.807) is 60.7 Å². The van der Waals surface area contributed by atoms with Crippen molar-refractivity contribution in [2.75, 3.05) is 25.9 Å². The molecule has 31 heavy (non-hydrogen) atoms. The summed E-state index contributed by atoms with van der Waals surface area (Å²) >= 11 is 0. The number of rotatable bonds is 16. The zero-order valence-electron chi connectivity index (χ0n) is 18.2. The highest BCUT2D eigenvalue weighted by atomic mass is 31.3. The van der Waals surface area contributed by atoms with Crippen molar-refractivity contribution in [1.29, 1.82) is 0 Å². The molecule has 2 atom stereocenters. The minimum absolute atomic E-state index is 0.322. The van der Waals surface area contributed by atoms with Crippen LogP contribution in [0.3, 0.4) is 0 Å². The van der Waals surface area contributed by atoms with Gasteiger partial charge in [-0.3, -0.25) is 0 Å². The number of hydrogen-bond donors (Lipinski definition) is 0. The Morgan fingerprint density at radius 1 is 0.645 bits per heavy atom. The van der Waals surface area contributed by atoms with Crippen molar-refractivity contribution in [3.05, 3.63) is 60.7 Å². The van der Waals surface area contributed by atoms with Gasteiger partial charge in [0.25, 0.3) is 0 Å². The fourth-order valence-corrected chi connectivity index (χ4v) is 6.31. The molecule has 0 bridgehead atoms. The van der Waals surface area contributed by atoms with Gasteiger partial charge in [0, 0.05) is 13.2 Å². The third-order valence-electron chi connectivity index (χ3n) is 4.01. The Morgan fingerprint density at radius 3 is 1.39 bits per heavy atom. The van der Waals surface area contributed by atoms with Crippen LogP contribution in [0.1, 0.15) is 39.5 Å². The Balaban J connectivity index is 2.21. The summed E-state index contributed by atoms with van der Waals surface area (Å²) in [4.78, 5) is 0. The molecule has 7 nitrogen and oxygen atoms in total.